The first-order valence-electron chi connectivity index (χ1n) is 8.51. The van der Waals surface area contributed by atoms with Crippen molar-refractivity contribution in [1.82, 2.24) is 9.97 Å². The van der Waals surface area contributed by atoms with E-state index in [-0.39, 0.29) is 33.3 Å². The molecule has 0 bridgehead atoms. The number of anilines is 2. The molecule has 0 aliphatic rings. The lowest BCUT2D eigenvalue weighted by atomic mass is 10.1. The van der Waals surface area contributed by atoms with Gasteiger partial charge in [0.2, 0.25) is 5.78 Å². The molecule has 0 radical (unpaired) electrons. The van der Waals surface area contributed by atoms with Gasteiger partial charge >= 0.3 is 6.18 Å². The summed E-state index contributed by atoms with van der Waals surface area (Å²) in [6, 6.07) is 6.33. The zero-order chi connectivity index (χ0) is 23.0. The van der Waals surface area contributed by atoms with Crippen LogP contribution in [0, 0.1) is 6.92 Å². The number of rotatable bonds is 5. The van der Waals surface area contributed by atoms with Crippen molar-refractivity contribution in [1.29, 1.82) is 0 Å². The molecule has 0 aliphatic heterocycles. The van der Waals surface area contributed by atoms with E-state index < -0.39 is 32.4 Å². The van der Waals surface area contributed by atoms with Crippen molar-refractivity contribution >= 4 is 38.9 Å². The van der Waals surface area contributed by atoms with Crippen molar-refractivity contribution in [3.05, 3.63) is 76.2 Å². The smallest absolute Gasteiger partial charge is 0.384 e. The number of nitrogens with one attached hydrogen (secondary N) is 1. The van der Waals surface area contributed by atoms with Crippen LogP contribution in [0.25, 0.3) is 0 Å². The van der Waals surface area contributed by atoms with Crippen LogP contribution in [-0.2, 0) is 16.2 Å². The number of ketones is 1. The number of carbonyl (C=O) groups excluding carboxylic acids is 1. The number of nitrogens with zero attached hydrogens (tertiary/aromatic N) is 2. The molecular formula is C19H14ClF3N4O3S. The lowest BCUT2D eigenvalue weighted by Crippen LogP contribution is -2.18. The van der Waals surface area contributed by atoms with Crippen molar-refractivity contribution in [2.24, 2.45) is 0 Å². The van der Waals surface area contributed by atoms with Crippen LogP contribution in [0.4, 0.5) is 24.7 Å². The molecule has 0 fully saturated rings. The first kappa shape index (κ1) is 22.5. The first-order valence-corrected chi connectivity index (χ1v) is 10.4. The number of nitrogens with two attached hydrogens (primary N) is 1. The maximum Gasteiger partial charge on any atom is 0.416 e. The molecule has 0 aliphatic carbocycles. The van der Waals surface area contributed by atoms with Gasteiger partial charge in [-0.2, -0.15) is 13.2 Å². The monoisotopic (exact) mass is 470 g/mol. The molecule has 0 spiro atoms. The number of hydrogen-bond donors (Lipinski definition) is 2. The van der Waals surface area contributed by atoms with E-state index in [1.54, 1.807) is 0 Å². The summed E-state index contributed by atoms with van der Waals surface area (Å²) in [6.45, 7) is 1.21. The van der Waals surface area contributed by atoms with Gasteiger partial charge in [0.15, 0.2) is 0 Å². The Morgan fingerprint density at radius 3 is 2.48 bits per heavy atom. The SMILES string of the molecule is Cc1ccc(S(=O)(=O)Nc2cc(Cl)cnc2C(=O)c2ccnc(N)c2)cc1C(F)(F)F. The van der Waals surface area contributed by atoms with Crippen LogP contribution in [0.3, 0.4) is 0 Å². The molecule has 3 rings (SSSR count). The molecule has 3 aromatic rings. The molecule has 31 heavy (non-hydrogen) atoms. The van der Waals surface area contributed by atoms with Gasteiger partial charge in [0.1, 0.15) is 11.5 Å². The highest BCUT2D eigenvalue weighted by Crippen LogP contribution is 2.34. The summed E-state index contributed by atoms with van der Waals surface area (Å²) in [5.74, 6) is -0.635. The number of sulfonamides is 1. The second-order valence-electron chi connectivity index (χ2n) is 6.43. The number of benzene rings is 1. The van der Waals surface area contributed by atoms with Crippen LogP contribution >= 0.6 is 11.6 Å². The zero-order valence-corrected chi connectivity index (χ0v) is 17.3. The Morgan fingerprint density at radius 2 is 1.84 bits per heavy atom. The fourth-order valence-electron chi connectivity index (χ4n) is 2.70. The number of aromatic nitrogens is 2. The first-order chi connectivity index (χ1) is 14.4. The average molecular weight is 471 g/mol. The molecule has 7 nitrogen and oxygen atoms in total. The third kappa shape index (κ3) is 4.94. The minimum atomic E-state index is -4.74. The molecule has 12 heteroatoms. The van der Waals surface area contributed by atoms with Gasteiger partial charge in [-0.1, -0.05) is 17.7 Å². The van der Waals surface area contributed by atoms with Crippen molar-refractivity contribution in [2.75, 3.05) is 10.5 Å². The Kier molecular flexibility index (Phi) is 5.92. The average Bonchev–Trinajstić information content (AvgIpc) is 2.66. The summed E-state index contributed by atoms with van der Waals surface area (Å²) in [5, 5.41) is 0.00313. The van der Waals surface area contributed by atoms with Crippen LogP contribution in [0.5, 0.6) is 0 Å². The van der Waals surface area contributed by atoms with Gasteiger partial charge in [-0.15, -0.1) is 0 Å². The third-order valence-corrected chi connectivity index (χ3v) is 5.75. The van der Waals surface area contributed by atoms with E-state index in [4.69, 9.17) is 17.3 Å². The van der Waals surface area contributed by atoms with E-state index in [0.29, 0.717) is 6.07 Å². The van der Waals surface area contributed by atoms with Crippen LogP contribution in [-0.4, -0.2) is 24.2 Å². The molecule has 2 aromatic heterocycles. The van der Waals surface area contributed by atoms with Crippen LogP contribution in [0.2, 0.25) is 5.02 Å². The molecular weight excluding hydrogens is 457 g/mol. The van der Waals surface area contributed by atoms with Crippen molar-refractivity contribution in [3.63, 3.8) is 0 Å². The molecule has 0 saturated heterocycles. The summed E-state index contributed by atoms with van der Waals surface area (Å²) in [6.07, 6.45) is -2.33. The third-order valence-electron chi connectivity index (χ3n) is 4.18. The number of halogens is 4. The van der Waals surface area contributed by atoms with E-state index in [9.17, 15) is 26.4 Å². The topological polar surface area (TPSA) is 115 Å². The predicted molar refractivity (Wildman–Crippen MR) is 108 cm³/mol. The minimum absolute atomic E-state index is 0.00313. The van der Waals surface area contributed by atoms with Crippen molar-refractivity contribution < 1.29 is 26.4 Å². The van der Waals surface area contributed by atoms with E-state index in [1.807, 2.05) is 0 Å². The van der Waals surface area contributed by atoms with Gasteiger partial charge in [-0.3, -0.25) is 9.52 Å². The Bertz CT molecular complexity index is 1280. The largest absolute Gasteiger partial charge is 0.416 e. The van der Waals surface area contributed by atoms with Gasteiger partial charge < -0.3 is 5.73 Å². The standard InChI is InChI=1S/C19H14ClF3N4O3S/c1-10-2-3-13(8-14(10)19(21,22)23)31(29,30)27-15-7-12(20)9-26-17(15)18(28)11-4-5-25-16(24)6-11/h2-9,27H,1H3,(H2,24,25). The summed E-state index contributed by atoms with van der Waals surface area (Å²) in [4.78, 5) is 19.8. The van der Waals surface area contributed by atoms with E-state index in [2.05, 4.69) is 14.7 Å². The Balaban J connectivity index is 2.05. The van der Waals surface area contributed by atoms with Gasteiger partial charge in [0, 0.05) is 18.0 Å². The summed E-state index contributed by atoms with van der Waals surface area (Å²) < 4.78 is 67.2. The molecule has 0 saturated carbocycles. The minimum Gasteiger partial charge on any atom is -0.384 e. The normalized spacial score (nSPS) is 11.9. The highest BCUT2D eigenvalue weighted by atomic mass is 35.5. The molecule has 0 amide bonds. The Labute approximate surface area is 180 Å². The van der Waals surface area contributed by atoms with Gasteiger partial charge in [0.25, 0.3) is 10.0 Å². The second kappa shape index (κ2) is 8.16. The lowest BCUT2D eigenvalue weighted by Gasteiger charge is -2.15. The highest BCUT2D eigenvalue weighted by Gasteiger charge is 2.34. The number of hydrogen-bond acceptors (Lipinski definition) is 6. The number of pyridine rings is 2. The number of nitrogen functional groups attached to an aromatic ring is 1. The Hall–Kier alpha value is -3.18. The van der Waals surface area contributed by atoms with Gasteiger partial charge in [-0.25, -0.2) is 18.4 Å². The summed E-state index contributed by atoms with van der Waals surface area (Å²) >= 11 is 5.89. The summed E-state index contributed by atoms with van der Waals surface area (Å²) in [7, 11) is -4.51. The zero-order valence-electron chi connectivity index (χ0n) is 15.7. The number of alkyl halides is 3. The lowest BCUT2D eigenvalue weighted by molar-refractivity contribution is -0.138. The van der Waals surface area contributed by atoms with Crippen LogP contribution < -0.4 is 10.5 Å². The van der Waals surface area contributed by atoms with Crippen LogP contribution in [0.1, 0.15) is 27.2 Å². The fourth-order valence-corrected chi connectivity index (χ4v) is 3.94. The summed E-state index contributed by atoms with van der Waals surface area (Å²) in [5.41, 5.74) is 3.80. The molecule has 2 heterocycles. The van der Waals surface area contributed by atoms with Crippen molar-refractivity contribution in [2.45, 2.75) is 18.0 Å². The fraction of sp³-hybridized carbons (Fsp3) is 0.105. The van der Waals surface area contributed by atoms with Gasteiger partial charge in [0.05, 0.1) is 21.2 Å². The Morgan fingerprint density at radius 1 is 1.13 bits per heavy atom. The molecule has 0 unspecified atom stereocenters. The maximum absolute atomic E-state index is 13.2. The van der Waals surface area contributed by atoms with E-state index in [1.165, 1.54) is 25.3 Å². The molecule has 1 aromatic carbocycles. The number of carbonyl (C=O) groups is 1. The predicted octanol–water partition coefficient (Wildman–Crippen LogP) is 4.07. The van der Waals surface area contributed by atoms with E-state index >= 15 is 0 Å². The van der Waals surface area contributed by atoms with Gasteiger partial charge in [-0.05, 0) is 42.8 Å². The second-order valence-corrected chi connectivity index (χ2v) is 8.55. The number of aryl methyl sites for hydroxylation is 1. The van der Waals surface area contributed by atoms with E-state index in [0.717, 1.165) is 24.4 Å². The van der Waals surface area contributed by atoms with Crippen LogP contribution in [0.15, 0.2) is 53.7 Å². The molecule has 3 N–H and O–H groups in total. The quantitative estimate of drug-likeness (QED) is 0.543. The maximum atomic E-state index is 13.2. The molecule has 0 atom stereocenters. The molecule has 162 valence electrons. The van der Waals surface area contributed by atoms with Crippen molar-refractivity contribution in [3.8, 4) is 0 Å². The highest BCUT2D eigenvalue weighted by molar-refractivity contribution is 7.92.